The van der Waals surface area contributed by atoms with Gasteiger partial charge in [0.2, 0.25) is 0 Å². The standard InChI is InChI=1S/C28H31N3O3/c1-20(2)21-9-15-24(16-10-21)34-18-6-17-31-26-8-5-4-7-25(26)30-27(31)19-29-28(32)22-11-13-23(33-3)14-12-22/h4-5,7-16,20H,6,17-19H2,1-3H3,(H,29,32). The molecular formula is C28H31N3O3. The van der Waals surface area contributed by atoms with Crippen LogP contribution in [-0.2, 0) is 13.1 Å². The van der Waals surface area contributed by atoms with Crippen molar-refractivity contribution in [2.75, 3.05) is 13.7 Å². The van der Waals surface area contributed by atoms with E-state index >= 15 is 0 Å². The molecule has 1 heterocycles. The van der Waals surface area contributed by atoms with Crippen LogP contribution < -0.4 is 14.8 Å². The van der Waals surface area contributed by atoms with Crippen LogP contribution in [0.5, 0.6) is 11.5 Å². The van der Waals surface area contributed by atoms with Crippen LogP contribution in [0.4, 0.5) is 0 Å². The molecule has 4 aromatic rings. The lowest BCUT2D eigenvalue weighted by Crippen LogP contribution is -2.25. The van der Waals surface area contributed by atoms with Crippen LogP contribution in [0.25, 0.3) is 11.0 Å². The second-order valence-corrected chi connectivity index (χ2v) is 8.51. The molecule has 0 atom stereocenters. The predicted molar refractivity (Wildman–Crippen MR) is 135 cm³/mol. The zero-order valence-electron chi connectivity index (χ0n) is 20.0. The molecule has 1 N–H and O–H groups in total. The Morgan fingerprint density at radius 3 is 2.38 bits per heavy atom. The number of para-hydroxylation sites is 2. The topological polar surface area (TPSA) is 65.4 Å². The number of methoxy groups -OCH3 is 1. The number of aryl methyl sites for hydroxylation is 1. The Balaban J connectivity index is 1.39. The van der Waals surface area contributed by atoms with E-state index in [-0.39, 0.29) is 5.91 Å². The van der Waals surface area contributed by atoms with E-state index < -0.39 is 0 Å². The fourth-order valence-corrected chi connectivity index (χ4v) is 3.88. The number of hydrogen-bond donors (Lipinski definition) is 1. The molecule has 0 radical (unpaired) electrons. The zero-order chi connectivity index (χ0) is 23.9. The average molecular weight is 458 g/mol. The number of nitrogens with zero attached hydrogens (tertiary/aromatic N) is 2. The number of carbonyl (C=O) groups excluding carboxylic acids is 1. The summed E-state index contributed by atoms with van der Waals surface area (Å²) >= 11 is 0. The molecule has 6 heteroatoms. The number of amides is 1. The van der Waals surface area contributed by atoms with Crippen molar-refractivity contribution in [1.82, 2.24) is 14.9 Å². The largest absolute Gasteiger partial charge is 0.497 e. The van der Waals surface area contributed by atoms with Gasteiger partial charge >= 0.3 is 0 Å². The zero-order valence-corrected chi connectivity index (χ0v) is 20.0. The molecule has 4 rings (SSSR count). The fraction of sp³-hybridized carbons (Fsp3) is 0.286. The van der Waals surface area contributed by atoms with Gasteiger partial charge in [-0.3, -0.25) is 4.79 Å². The summed E-state index contributed by atoms with van der Waals surface area (Å²) in [6.07, 6.45) is 0.825. The second-order valence-electron chi connectivity index (χ2n) is 8.51. The van der Waals surface area contributed by atoms with E-state index in [1.807, 2.05) is 30.3 Å². The van der Waals surface area contributed by atoms with Crippen LogP contribution in [0.2, 0.25) is 0 Å². The molecular weight excluding hydrogens is 426 g/mol. The molecule has 0 spiro atoms. The van der Waals surface area contributed by atoms with Crippen molar-refractivity contribution in [2.45, 2.75) is 39.3 Å². The Morgan fingerprint density at radius 2 is 1.68 bits per heavy atom. The van der Waals surface area contributed by atoms with Crippen molar-refractivity contribution >= 4 is 16.9 Å². The normalized spacial score (nSPS) is 11.1. The molecule has 0 aliphatic carbocycles. The Labute approximate surface area is 200 Å². The number of fused-ring (bicyclic) bond motifs is 1. The minimum absolute atomic E-state index is 0.144. The van der Waals surface area contributed by atoms with E-state index in [1.54, 1.807) is 31.4 Å². The maximum Gasteiger partial charge on any atom is 0.251 e. The lowest BCUT2D eigenvalue weighted by molar-refractivity contribution is 0.0949. The van der Waals surface area contributed by atoms with Crippen LogP contribution in [0.3, 0.4) is 0 Å². The maximum absolute atomic E-state index is 12.6. The number of nitrogens with one attached hydrogen (secondary N) is 1. The minimum Gasteiger partial charge on any atom is -0.497 e. The van der Waals surface area contributed by atoms with Crippen molar-refractivity contribution in [2.24, 2.45) is 0 Å². The minimum atomic E-state index is -0.144. The summed E-state index contributed by atoms with van der Waals surface area (Å²) in [5.41, 5.74) is 3.86. The first-order valence-corrected chi connectivity index (χ1v) is 11.6. The molecule has 0 fully saturated rings. The predicted octanol–water partition coefficient (Wildman–Crippen LogP) is 5.57. The lowest BCUT2D eigenvalue weighted by Gasteiger charge is -2.12. The van der Waals surface area contributed by atoms with Gasteiger partial charge in [0, 0.05) is 12.1 Å². The summed E-state index contributed by atoms with van der Waals surface area (Å²) in [4.78, 5) is 17.4. The van der Waals surface area contributed by atoms with Crippen molar-refractivity contribution in [3.63, 3.8) is 0 Å². The average Bonchev–Trinajstić information content (AvgIpc) is 3.23. The van der Waals surface area contributed by atoms with Crippen molar-refractivity contribution in [3.8, 4) is 11.5 Å². The van der Waals surface area contributed by atoms with E-state index in [9.17, 15) is 4.79 Å². The highest BCUT2D eigenvalue weighted by Gasteiger charge is 2.13. The van der Waals surface area contributed by atoms with E-state index in [2.05, 4.69) is 41.9 Å². The third-order valence-corrected chi connectivity index (χ3v) is 5.83. The van der Waals surface area contributed by atoms with E-state index in [4.69, 9.17) is 14.5 Å². The number of carbonyl (C=O) groups is 1. The first kappa shape index (κ1) is 23.4. The number of benzene rings is 3. The molecule has 3 aromatic carbocycles. The second kappa shape index (κ2) is 10.9. The molecule has 0 aliphatic heterocycles. The van der Waals surface area contributed by atoms with Gasteiger partial charge in [-0.2, -0.15) is 0 Å². The Morgan fingerprint density at radius 1 is 0.971 bits per heavy atom. The van der Waals surface area contributed by atoms with Crippen molar-refractivity contribution < 1.29 is 14.3 Å². The van der Waals surface area contributed by atoms with Crippen molar-refractivity contribution in [1.29, 1.82) is 0 Å². The molecule has 0 saturated carbocycles. The molecule has 0 bridgehead atoms. The Hall–Kier alpha value is -3.80. The smallest absolute Gasteiger partial charge is 0.251 e. The van der Waals surface area contributed by atoms with Crippen molar-refractivity contribution in [3.05, 3.63) is 89.7 Å². The Bertz CT molecular complexity index is 1230. The fourth-order valence-electron chi connectivity index (χ4n) is 3.88. The van der Waals surface area contributed by atoms with Crippen LogP contribution >= 0.6 is 0 Å². The summed E-state index contributed by atoms with van der Waals surface area (Å²) in [5, 5.41) is 2.99. The number of ether oxygens (including phenoxy) is 2. The molecule has 1 amide bonds. The van der Waals surface area contributed by atoms with Gasteiger partial charge in [0.1, 0.15) is 17.3 Å². The van der Waals surface area contributed by atoms with Gasteiger partial charge in [0.25, 0.3) is 5.91 Å². The van der Waals surface area contributed by atoms with Gasteiger partial charge in [-0.1, -0.05) is 38.1 Å². The SMILES string of the molecule is COc1ccc(C(=O)NCc2nc3ccccc3n2CCCOc2ccc(C(C)C)cc2)cc1. The lowest BCUT2D eigenvalue weighted by atomic mass is 10.0. The maximum atomic E-state index is 12.6. The van der Waals surface area contributed by atoms with E-state index in [0.29, 0.717) is 24.6 Å². The van der Waals surface area contributed by atoms with Gasteiger partial charge in [-0.25, -0.2) is 4.98 Å². The van der Waals surface area contributed by atoms with Crippen LogP contribution in [0, 0.1) is 0 Å². The summed E-state index contributed by atoms with van der Waals surface area (Å²) in [7, 11) is 1.60. The molecule has 1 aromatic heterocycles. The highest BCUT2D eigenvalue weighted by Crippen LogP contribution is 2.20. The highest BCUT2D eigenvalue weighted by atomic mass is 16.5. The van der Waals surface area contributed by atoms with Crippen LogP contribution in [0.1, 0.15) is 47.9 Å². The summed E-state index contributed by atoms with van der Waals surface area (Å²) in [6.45, 7) is 6.06. The molecule has 34 heavy (non-hydrogen) atoms. The number of imidazole rings is 1. The molecule has 6 nitrogen and oxygen atoms in total. The third kappa shape index (κ3) is 5.57. The van der Waals surface area contributed by atoms with Gasteiger partial charge in [0.15, 0.2) is 0 Å². The molecule has 0 unspecified atom stereocenters. The summed E-state index contributed by atoms with van der Waals surface area (Å²) in [5.74, 6) is 2.79. The van der Waals surface area contributed by atoms with Crippen LogP contribution in [0.15, 0.2) is 72.8 Å². The van der Waals surface area contributed by atoms with Gasteiger partial charge < -0.3 is 19.4 Å². The molecule has 0 saturated heterocycles. The van der Waals surface area contributed by atoms with Gasteiger partial charge in [-0.15, -0.1) is 0 Å². The summed E-state index contributed by atoms with van der Waals surface area (Å²) in [6, 6.07) is 23.4. The first-order valence-electron chi connectivity index (χ1n) is 11.6. The summed E-state index contributed by atoms with van der Waals surface area (Å²) < 4.78 is 13.3. The van der Waals surface area contributed by atoms with Gasteiger partial charge in [-0.05, 0) is 66.4 Å². The Kier molecular flexibility index (Phi) is 7.48. The number of aromatic nitrogens is 2. The first-order chi connectivity index (χ1) is 16.5. The molecule has 0 aliphatic rings. The molecule has 176 valence electrons. The third-order valence-electron chi connectivity index (χ3n) is 5.83. The number of rotatable bonds is 10. The highest BCUT2D eigenvalue weighted by molar-refractivity contribution is 5.94. The number of hydrogen-bond acceptors (Lipinski definition) is 4. The van der Waals surface area contributed by atoms with E-state index in [1.165, 1.54) is 5.56 Å². The van der Waals surface area contributed by atoms with Crippen LogP contribution in [-0.4, -0.2) is 29.2 Å². The van der Waals surface area contributed by atoms with E-state index in [0.717, 1.165) is 41.3 Å². The quantitative estimate of drug-likeness (QED) is 0.316. The monoisotopic (exact) mass is 457 g/mol. The van der Waals surface area contributed by atoms with Gasteiger partial charge in [0.05, 0.1) is 31.3 Å².